The number of nitrogens with one attached hydrogen (secondary N) is 1. The molecular formula is C11H21NO7S. The average molecular weight is 311 g/mol. The minimum Gasteiger partial charge on any atom is -0.469 e. The molecule has 8 nitrogen and oxygen atoms in total. The van der Waals surface area contributed by atoms with Crippen molar-refractivity contribution in [2.45, 2.75) is 19.3 Å². The van der Waals surface area contributed by atoms with Gasteiger partial charge in [0, 0.05) is 13.0 Å². The number of methoxy groups -OCH3 is 1. The lowest BCUT2D eigenvalue weighted by molar-refractivity contribution is -0.140. The van der Waals surface area contributed by atoms with E-state index in [0.717, 1.165) is 6.26 Å². The third-order valence-corrected chi connectivity index (χ3v) is 2.71. The Morgan fingerprint density at radius 3 is 2.45 bits per heavy atom. The fourth-order valence-corrected chi connectivity index (χ4v) is 1.56. The standard InChI is InChI=1S/C11H21NO7S/c1-17-11(14)5-3-4-6-12-10(13)9-18-7-8-19-20(2,15)16/h3-9H2,1-2H3,(H,12,13). The summed E-state index contributed by atoms with van der Waals surface area (Å²) in [5.41, 5.74) is 0. The van der Waals surface area contributed by atoms with E-state index >= 15 is 0 Å². The lowest BCUT2D eigenvalue weighted by Crippen LogP contribution is -2.29. The van der Waals surface area contributed by atoms with Crippen LogP contribution in [0, 0.1) is 0 Å². The van der Waals surface area contributed by atoms with Crippen molar-refractivity contribution in [3.05, 3.63) is 0 Å². The number of carbonyl (C=O) groups is 2. The molecule has 118 valence electrons. The van der Waals surface area contributed by atoms with Gasteiger partial charge in [0.25, 0.3) is 10.1 Å². The number of hydrogen-bond donors (Lipinski definition) is 1. The Balaban J connectivity index is 3.40. The van der Waals surface area contributed by atoms with Gasteiger partial charge in [-0.25, -0.2) is 0 Å². The van der Waals surface area contributed by atoms with Gasteiger partial charge in [-0.15, -0.1) is 0 Å². The molecule has 0 aliphatic carbocycles. The minimum absolute atomic E-state index is 0.0167. The molecule has 0 bridgehead atoms. The molecule has 0 aliphatic heterocycles. The third-order valence-electron chi connectivity index (χ3n) is 2.12. The van der Waals surface area contributed by atoms with Gasteiger partial charge in [0.05, 0.1) is 26.6 Å². The molecule has 0 spiro atoms. The summed E-state index contributed by atoms with van der Waals surface area (Å²) < 4.78 is 35.1. The first-order valence-electron chi connectivity index (χ1n) is 6.11. The highest BCUT2D eigenvalue weighted by Crippen LogP contribution is 1.95. The van der Waals surface area contributed by atoms with Crippen LogP contribution >= 0.6 is 0 Å². The monoisotopic (exact) mass is 311 g/mol. The summed E-state index contributed by atoms with van der Waals surface area (Å²) in [6.45, 7) is 0.178. The Morgan fingerprint density at radius 2 is 1.85 bits per heavy atom. The highest BCUT2D eigenvalue weighted by Gasteiger charge is 2.04. The molecule has 0 heterocycles. The highest BCUT2D eigenvalue weighted by molar-refractivity contribution is 7.85. The third kappa shape index (κ3) is 13.2. The van der Waals surface area contributed by atoms with Gasteiger partial charge in [-0.3, -0.25) is 13.8 Å². The topological polar surface area (TPSA) is 108 Å². The van der Waals surface area contributed by atoms with Gasteiger partial charge >= 0.3 is 5.97 Å². The van der Waals surface area contributed by atoms with Gasteiger partial charge < -0.3 is 14.8 Å². The smallest absolute Gasteiger partial charge is 0.305 e. The molecule has 20 heavy (non-hydrogen) atoms. The summed E-state index contributed by atoms with van der Waals surface area (Å²) in [7, 11) is -2.14. The van der Waals surface area contributed by atoms with Crippen molar-refractivity contribution >= 4 is 22.0 Å². The van der Waals surface area contributed by atoms with Gasteiger partial charge in [0.2, 0.25) is 5.91 Å². The fourth-order valence-electron chi connectivity index (χ4n) is 1.18. The maximum atomic E-state index is 11.3. The van der Waals surface area contributed by atoms with Crippen LogP contribution in [-0.4, -0.2) is 60.0 Å². The molecular weight excluding hydrogens is 290 g/mol. The van der Waals surface area contributed by atoms with E-state index in [-0.39, 0.29) is 31.7 Å². The van der Waals surface area contributed by atoms with Crippen LogP contribution in [0.1, 0.15) is 19.3 Å². The molecule has 0 saturated carbocycles. The first-order chi connectivity index (χ1) is 9.35. The van der Waals surface area contributed by atoms with E-state index in [0.29, 0.717) is 25.8 Å². The molecule has 0 aromatic heterocycles. The van der Waals surface area contributed by atoms with Crippen LogP contribution in [0.2, 0.25) is 0 Å². The lowest BCUT2D eigenvalue weighted by atomic mass is 10.2. The molecule has 0 radical (unpaired) electrons. The van der Waals surface area contributed by atoms with Crippen LogP contribution in [0.15, 0.2) is 0 Å². The van der Waals surface area contributed by atoms with Crippen LogP contribution in [0.5, 0.6) is 0 Å². The van der Waals surface area contributed by atoms with E-state index in [1.807, 2.05) is 0 Å². The Labute approximate surface area is 118 Å². The summed E-state index contributed by atoms with van der Waals surface area (Å²) in [6.07, 6.45) is 2.56. The van der Waals surface area contributed by atoms with Gasteiger partial charge in [-0.2, -0.15) is 8.42 Å². The van der Waals surface area contributed by atoms with Crippen LogP contribution in [0.3, 0.4) is 0 Å². The fraction of sp³-hybridized carbons (Fsp3) is 0.818. The van der Waals surface area contributed by atoms with Gasteiger partial charge in [0.15, 0.2) is 0 Å². The molecule has 0 rings (SSSR count). The maximum absolute atomic E-state index is 11.3. The lowest BCUT2D eigenvalue weighted by Gasteiger charge is -2.06. The maximum Gasteiger partial charge on any atom is 0.305 e. The molecule has 1 N–H and O–H groups in total. The van der Waals surface area contributed by atoms with Crippen LogP contribution in [0.25, 0.3) is 0 Å². The van der Waals surface area contributed by atoms with Crippen LogP contribution in [-0.2, 0) is 33.4 Å². The minimum atomic E-state index is -3.47. The largest absolute Gasteiger partial charge is 0.469 e. The first kappa shape index (κ1) is 18.8. The zero-order valence-corrected chi connectivity index (χ0v) is 12.5. The summed E-state index contributed by atoms with van der Waals surface area (Å²) in [6, 6.07) is 0. The Bertz CT molecular complexity index is 394. The molecule has 0 aromatic rings. The van der Waals surface area contributed by atoms with Gasteiger partial charge in [-0.05, 0) is 12.8 Å². The molecule has 0 aliphatic rings. The van der Waals surface area contributed by atoms with E-state index in [2.05, 4.69) is 14.2 Å². The zero-order valence-electron chi connectivity index (χ0n) is 11.7. The number of unbranched alkanes of at least 4 members (excludes halogenated alkanes) is 1. The van der Waals surface area contributed by atoms with Crippen LogP contribution < -0.4 is 5.32 Å². The molecule has 0 atom stereocenters. The van der Waals surface area contributed by atoms with Gasteiger partial charge in [-0.1, -0.05) is 0 Å². The number of hydrogen-bond acceptors (Lipinski definition) is 7. The Hall–Kier alpha value is -1.19. The summed E-state index contributed by atoms with van der Waals surface area (Å²) in [5, 5.41) is 2.61. The molecule has 9 heteroatoms. The van der Waals surface area contributed by atoms with E-state index in [1.54, 1.807) is 0 Å². The molecule has 1 amide bonds. The summed E-state index contributed by atoms with van der Waals surface area (Å²) in [5.74, 6) is -0.576. The van der Waals surface area contributed by atoms with Crippen molar-refractivity contribution in [3.8, 4) is 0 Å². The van der Waals surface area contributed by atoms with Crippen LogP contribution in [0.4, 0.5) is 0 Å². The van der Waals surface area contributed by atoms with Crippen molar-refractivity contribution in [2.24, 2.45) is 0 Å². The number of ether oxygens (including phenoxy) is 2. The molecule has 0 aromatic carbocycles. The molecule has 0 saturated heterocycles. The Kier molecular flexibility index (Phi) is 9.95. The van der Waals surface area contributed by atoms with Crippen molar-refractivity contribution in [2.75, 3.05) is 39.7 Å². The SMILES string of the molecule is COC(=O)CCCCNC(=O)COCCOS(C)(=O)=O. The van der Waals surface area contributed by atoms with Crippen molar-refractivity contribution < 1.29 is 31.7 Å². The second-order valence-corrected chi connectivity index (χ2v) is 5.61. The average Bonchev–Trinajstić information content (AvgIpc) is 2.36. The number of carbonyl (C=O) groups excluding carboxylic acids is 2. The number of rotatable bonds is 11. The second kappa shape index (κ2) is 10.6. The van der Waals surface area contributed by atoms with Crippen molar-refractivity contribution in [1.29, 1.82) is 0 Å². The molecule has 0 unspecified atom stereocenters. The van der Waals surface area contributed by atoms with E-state index < -0.39 is 10.1 Å². The predicted octanol–water partition coefficient (Wildman–Crippen LogP) is -0.561. The normalized spacial score (nSPS) is 11.1. The van der Waals surface area contributed by atoms with Crippen molar-refractivity contribution in [3.63, 3.8) is 0 Å². The second-order valence-electron chi connectivity index (χ2n) is 3.96. The van der Waals surface area contributed by atoms with Gasteiger partial charge in [0.1, 0.15) is 6.61 Å². The summed E-state index contributed by atoms with van der Waals surface area (Å²) in [4.78, 5) is 22.1. The quantitative estimate of drug-likeness (QED) is 0.309. The van der Waals surface area contributed by atoms with E-state index in [4.69, 9.17) is 4.74 Å². The highest BCUT2D eigenvalue weighted by atomic mass is 32.2. The van der Waals surface area contributed by atoms with Crippen molar-refractivity contribution in [1.82, 2.24) is 5.32 Å². The predicted molar refractivity (Wildman–Crippen MR) is 70.5 cm³/mol. The number of amides is 1. The Morgan fingerprint density at radius 1 is 1.15 bits per heavy atom. The molecule has 0 fully saturated rings. The zero-order chi connectivity index (χ0) is 15.4. The number of esters is 1. The first-order valence-corrected chi connectivity index (χ1v) is 7.92. The van der Waals surface area contributed by atoms with E-state index in [1.165, 1.54) is 7.11 Å². The van der Waals surface area contributed by atoms with E-state index in [9.17, 15) is 18.0 Å². The summed E-state index contributed by atoms with van der Waals surface area (Å²) >= 11 is 0.